The molecule has 0 spiro atoms. The van der Waals surface area contributed by atoms with Crippen molar-refractivity contribution in [2.24, 2.45) is 0 Å². The molecule has 1 aromatic heterocycles. The van der Waals surface area contributed by atoms with Gasteiger partial charge in [0.15, 0.2) is 0 Å². The summed E-state index contributed by atoms with van der Waals surface area (Å²) in [5, 5.41) is 1.97. The third-order valence-electron chi connectivity index (χ3n) is 4.08. The van der Waals surface area contributed by atoms with Crippen LogP contribution in [0.15, 0.2) is 66.7 Å². The number of rotatable bonds is 1. The molecule has 0 unspecified atom stereocenters. The molecule has 0 atom stereocenters. The van der Waals surface area contributed by atoms with Crippen LogP contribution in [0.25, 0.3) is 27.5 Å². The smallest absolute Gasteiger partial charge is 0.309 e. The fourth-order valence-electron chi connectivity index (χ4n) is 3.02. The highest BCUT2D eigenvalue weighted by Gasteiger charge is 2.31. The van der Waals surface area contributed by atoms with Crippen molar-refractivity contribution in [2.45, 2.75) is 6.18 Å². The molecule has 4 rings (SSSR count). The third-order valence-corrected chi connectivity index (χ3v) is 4.34. The number of hydrogen-bond donors (Lipinski definition) is 0. The third kappa shape index (κ3) is 2.34. The summed E-state index contributed by atoms with van der Waals surface area (Å²) in [4.78, 5) is 0. The van der Waals surface area contributed by atoms with E-state index in [4.69, 9.17) is 11.6 Å². The molecule has 0 aliphatic heterocycles. The van der Waals surface area contributed by atoms with Crippen LogP contribution in [-0.2, 0) is 6.18 Å². The predicted molar refractivity (Wildman–Crippen MR) is 90.8 cm³/mol. The van der Waals surface area contributed by atoms with Crippen LogP contribution in [0.2, 0.25) is 5.02 Å². The van der Waals surface area contributed by atoms with E-state index in [0.717, 1.165) is 28.2 Å². The maximum atomic E-state index is 13.1. The van der Waals surface area contributed by atoms with E-state index >= 15 is 0 Å². The standard InChI is InChI=1S/C19H11ClF3N/c20-13-6-8-14(9-7-13)24-17-4-2-1-3-15(17)16-11-12(19(21,22)23)5-10-18(16)24/h1-11H. The summed E-state index contributed by atoms with van der Waals surface area (Å²) < 4.78 is 41.2. The molecule has 0 saturated heterocycles. The van der Waals surface area contributed by atoms with E-state index in [2.05, 4.69) is 0 Å². The van der Waals surface area contributed by atoms with Gasteiger partial charge in [-0.15, -0.1) is 0 Å². The monoisotopic (exact) mass is 345 g/mol. The zero-order valence-electron chi connectivity index (χ0n) is 12.3. The molecule has 0 amide bonds. The SMILES string of the molecule is FC(F)(F)c1ccc2c(c1)c1ccccc1n2-c1ccc(Cl)cc1. The Morgan fingerprint density at radius 1 is 0.750 bits per heavy atom. The summed E-state index contributed by atoms with van der Waals surface area (Å²) in [5.41, 5.74) is 1.79. The first-order valence-electron chi connectivity index (χ1n) is 7.31. The molecular formula is C19H11ClF3N. The van der Waals surface area contributed by atoms with Crippen molar-refractivity contribution in [1.29, 1.82) is 0 Å². The van der Waals surface area contributed by atoms with Crippen LogP contribution >= 0.6 is 11.6 Å². The van der Waals surface area contributed by atoms with Crippen LogP contribution < -0.4 is 0 Å². The Labute approximate surface area is 140 Å². The van der Waals surface area contributed by atoms with Crippen LogP contribution in [0.5, 0.6) is 0 Å². The van der Waals surface area contributed by atoms with Gasteiger partial charge in [0, 0.05) is 21.5 Å². The van der Waals surface area contributed by atoms with E-state index in [0.29, 0.717) is 10.4 Å². The fraction of sp³-hybridized carbons (Fsp3) is 0.0526. The lowest BCUT2D eigenvalue weighted by Gasteiger charge is -2.09. The quantitative estimate of drug-likeness (QED) is 0.373. The van der Waals surface area contributed by atoms with Crippen LogP contribution in [-0.4, -0.2) is 4.57 Å². The first-order chi connectivity index (χ1) is 11.4. The lowest BCUT2D eigenvalue weighted by Crippen LogP contribution is -2.04. The van der Waals surface area contributed by atoms with E-state index in [-0.39, 0.29) is 0 Å². The molecule has 1 heterocycles. The molecule has 0 aliphatic carbocycles. The highest BCUT2D eigenvalue weighted by molar-refractivity contribution is 6.30. The molecular weight excluding hydrogens is 335 g/mol. The molecule has 0 fully saturated rings. The zero-order valence-corrected chi connectivity index (χ0v) is 13.1. The van der Waals surface area contributed by atoms with Crippen molar-refractivity contribution >= 4 is 33.4 Å². The molecule has 4 aromatic rings. The van der Waals surface area contributed by atoms with Gasteiger partial charge in [-0.3, -0.25) is 0 Å². The van der Waals surface area contributed by atoms with Gasteiger partial charge in [-0.25, -0.2) is 0 Å². The molecule has 0 radical (unpaired) electrons. The Morgan fingerprint density at radius 2 is 1.42 bits per heavy atom. The first-order valence-corrected chi connectivity index (χ1v) is 7.69. The van der Waals surface area contributed by atoms with E-state index < -0.39 is 11.7 Å². The van der Waals surface area contributed by atoms with E-state index in [1.165, 1.54) is 12.1 Å². The largest absolute Gasteiger partial charge is 0.416 e. The van der Waals surface area contributed by atoms with Crippen LogP contribution in [0.4, 0.5) is 13.2 Å². The predicted octanol–water partition coefficient (Wildman–Crippen LogP) is 6.46. The minimum atomic E-state index is -4.36. The average molecular weight is 346 g/mol. The lowest BCUT2D eigenvalue weighted by atomic mass is 10.1. The Hall–Kier alpha value is -2.46. The maximum absolute atomic E-state index is 13.1. The highest BCUT2D eigenvalue weighted by atomic mass is 35.5. The van der Waals surface area contributed by atoms with E-state index in [9.17, 15) is 13.2 Å². The number of para-hydroxylation sites is 1. The van der Waals surface area contributed by atoms with Gasteiger partial charge in [-0.2, -0.15) is 13.2 Å². The Morgan fingerprint density at radius 3 is 2.12 bits per heavy atom. The van der Waals surface area contributed by atoms with Gasteiger partial charge in [0.2, 0.25) is 0 Å². The average Bonchev–Trinajstić information content (AvgIpc) is 2.89. The molecule has 24 heavy (non-hydrogen) atoms. The number of hydrogen-bond acceptors (Lipinski definition) is 0. The van der Waals surface area contributed by atoms with Gasteiger partial charge in [0.05, 0.1) is 16.6 Å². The number of nitrogens with zero attached hydrogens (tertiary/aromatic N) is 1. The molecule has 0 saturated carbocycles. The molecule has 5 heteroatoms. The second kappa shape index (κ2) is 5.28. The van der Waals surface area contributed by atoms with Crippen molar-refractivity contribution < 1.29 is 13.2 Å². The van der Waals surface area contributed by atoms with Crippen LogP contribution in [0.1, 0.15) is 5.56 Å². The van der Waals surface area contributed by atoms with Gasteiger partial charge < -0.3 is 4.57 Å². The number of halogens is 4. The Kier molecular flexibility index (Phi) is 3.32. The van der Waals surface area contributed by atoms with Crippen molar-refractivity contribution in [3.63, 3.8) is 0 Å². The summed E-state index contributed by atoms with van der Waals surface area (Å²) >= 11 is 5.95. The van der Waals surface area contributed by atoms with Crippen molar-refractivity contribution in [1.82, 2.24) is 4.57 Å². The first kappa shape index (κ1) is 15.1. The topological polar surface area (TPSA) is 4.93 Å². The fourth-order valence-corrected chi connectivity index (χ4v) is 3.14. The molecule has 3 aromatic carbocycles. The van der Waals surface area contributed by atoms with Crippen LogP contribution in [0.3, 0.4) is 0 Å². The number of benzene rings is 3. The van der Waals surface area contributed by atoms with E-state index in [1.807, 2.05) is 41.0 Å². The summed E-state index contributed by atoms with van der Waals surface area (Å²) in [6.07, 6.45) is -4.36. The maximum Gasteiger partial charge on any atom is 0.416 e. The second-order valence-corrected chi connectivity index (χ2v) is 6.00. The minimum Gasteiger partial charge on any atom is -0.309 e. The van der Waals surface area contributed by atoms with Crippen molar-refractivity contribution in [3.8, 4) is 5.69 Å². The van der Waals surface area contributed by atoms with Crippen molar-refractivity contribution in [2.75, 3.05) is 0 Å². The molecule has 1 nitrogen and oxygen atoms in total. The van der Waals surface area contributed by atoms with Crippen LogP contribution in [0, 0.1) is 0 Å². The van der Waals surface area contributed by atoms with Gasteiger partial charge >= 0.3 is 6.18 Å². The number of fused-ring (bicyclic) bond motifs is 3. The van der Waals surface area contributed by atoms with E-state index in [1.54, 1.807) is 12.1 Å². The summed E-state index contributed by atoms with van der Waals surface area (Å²) in [6, 6.07) is 18.5. The second-order valence-electron chi connectivity index (χ2n) is 5.56. The molecule has 0 N–H and O–H groups in total. The summed E-state index contributed by atoms with van der Waals surface area (Å²) in [6.45, 7) is 0. The lowest BCUT2D eigenvalue weighted by molar-refractivity contribution is -0.137. The number of alkyl halides is 3. The summed E-state index contributed by atoms with van der Waals surface area (Å²) in [5.74, 6) is 0. The summed E-state index contributed by atoms with van der Waals surface area (Å²) in [7, 11) is 0. The number of aromatic nitrogens is 1. The highest BCUT2D eigenvalue weighted by Crippen LogP contribution is 2.37. The molecule has 0 aliphatic rings. The zero-order chi connectivity index (χ0) is 16.9. The minimum absolute atomic E-state index is 0.579. The molecule has 120 valence electrons. The van der Waals surface area contributed by atoms with Gasteiger partial charge in [-0.05, 0) is 48.5 Å². The van der Waals surface area contributed by atoms with Gasteiger partial charge in [-0.1, -0.05) is 29.8 Å². The molecule has 0 bridgehead atoms. The Balaban J connectivity index is 2.10. The van der Waals surface area contributed by atoms with Gasteiger partial charge in [0.25, 0.3) is 0 Å². The van der Waals surface area contributed by atoms with Gasteiger partial charge in [0.1, 0.15) is 0 Å². The normalized spacial score (nSPS) is 12.2. The Bertz CT molecular complexity index is 1050. The van der Waals surface area contributed by atoms with Crippen molar-refractivity contribution in [3.05, 3.63) is 77.3 Å².